The van der Waals surface area contributed by atoms with Crippen LogP contribution in [0.25, 0.3) is 0 Å². The van der Waals surface area contributed by atoms with Crippen molar-refractivity contribution in [1.29, 1.82) is 0 Å². The number of carbonyl (C=O) groups is 1. The van der Waals surface area contributed by atoms with Gasteiger partial charge in [0.25, 0.3) is 5.91 Å². The SMILES string of the molecule is CNc1ncccc1C(=O)NCc1cncn1CC(C)C. The summed E-state index contributed by atoms with van der Waals surface area (Å²) in [5.41, 5.74) is 1.53. The highest BCUT2D eigenvalue weighted by molar-refractivity contribution is 5.98. The molecule has 1 amide bonds. The van der Waals surface area contributed by atoms with Crippen LogP contribution in [-0.4, -0.2) is 27.5 Å². The van der Waals surface area contributed by atoms with E-state index in [4.69, 9.17) is 0 Å². The fourth-order valence-electron chi connectivity index (χ4n) is 2.11. The van der Waals surface area contributed by atoms with Gasteiger partial charge in [-0.1, -0.05) is 13.8 Å². The summed E-state index contributed by atoms with van der Waals surface area (Å²) >= 11 is 0. The lowest BCUT2D eigenvalue weighted by Gasteiger charge is -2.12. The zero-order valence-electron chi connectivity index (χ0n) is 12.6. The Morgan fingerprint density at radius 2 is 2.24 bits per heavy atom. The first kappa shape index (κ1) is 15.0. The van der Waals surface area contributed by atoms with Gasteiger partial charge < -0.3 is 15.2 Å². The Bertz CT molecular complexity index is 606. The van der Waals surface area contributed by atoms with Crippen molar-refractivity contribution in [2.45, 2.75) is 26.9 Å². The molecule has 112 valence electrons. The summed E-state index contributed by atoms with van der Waals surface area (Å²) in [6.45, 7) is 5.64. The molecule has 2 aromatic heterocycles. The molecule has 0 aliphatic rings. The highest BCUT2D eigenvalue weighted by Crippen LogP contribution is 2.11. The highest BCUT2D eigenvalue weighted by Gasteiger charge is 2.12. The van der Waals surface area contributed by atoms with E-state index in [-0.39, 0.29) is 5.91 Å². The number of hydrogen-bond donors (Lipinski definition) is 2. The minimum Gasteiger partial charge on any atom is -0.372 e. The van der Waals surface area contributed by atoms with Crippen molar-refractivity contribution in [3.8, 4) is 0 Å². The van der Waals surface area contributed by atoms with Gasteiger partial charge in [-0.05, 0) is 18.1 Å². The van der Waals surface area contributed by atoms with Crippen molar-refractivity contribution in [3.63, 3.8) is 0 Å². The normalized spacial score (nSPS) is 10.7. The van der Waals surface area contributed by atoms with Gasteiger partial charge in [-0.15, -0.1) is 0 Å². The Hall–Kier alpha value is -2.37. The first-order valence-corrected chi connectivity index (χ1v) is 7.01. The van der Waals surface area contributed by atoms with Crippen LogP contribution in [0.4, 0.5) is 5.82 Å². The zero-order chi connectivity index (χ0) is 15.2. The van der Waals surface area contributed by atoms with Crippen LogP contribution in [0, 0.1) is 5.92 Å². The van der Waals surface area contributed by atoms with E-state index in [1.165, 1.54) is 0 Å². The van der Waals surface area contributed by atoms with E-state index in [2.05, 4.69) is 39.0 Å². The molecule has 0 saturated heterocycles. The van der Waals surface area contributed by atoms with Crippen LogP contribution >= 0.6 is 0 Å². The van der Waals surface area contributed by atoms with E-state index < -0.39 is 0 Å². The first-order chi connectivity index (χ1) is 10.1. The number of nitrogens with one attached hydrogen (secondary N) is 2. The molecule has 0 aliphatic heterocycles. The van der Waals surface area contributed by atoms with Crippen LogP contribution in [0.3, 0.4) is 0 Å². The van der Waals surface area contributed by atoms with Crippen LogP contribution in [0.2, 0.25) is 0 Å². The highest BCUT2D eigenvalue weighted by atomic mass is 16.1. The lowest BCUT2D eigenvalue weighted by atomic mass is 10.2. The van der Waals surface area contributed by atoms with Crippen molar-refractivity contribution in [2.24, 2.45) is 5.92 Å². The van der Waals surface area contributed by atoms with Gasteiger partial charge in [0.15, 0.2) is 0 Å². The van der Waals surface area contributed by atoms with E-state index in [0.717, 1.165) is 12.2 Å². The summed E-state index contributed by atoms with van der Waals surface area (Å²) in [6.07, 6.45) is 5.23. The maximum atomic E-state index is 12.2. The third-order valence-electron chi connectivity index (χ3n) is 3.08. The van der Waals surface area contributed by atoms with E-state index in [9.17, 15) is 4.79 Å². The molecule has 2 N–H and O–H groups in total. The van der Waals surface area contributed by atoms with Crippen molar-refractivity contribution in [3.05, 3.63) is 42.1 Å². The van der Waals surface area contributed by atoms with Gasteiger partial charge in [-0.25, -0.2) is 9.97 Å². The molecule has 0 aromatic carbocycles. The number of nitrogens with zero attached hydrogens (tertiary/aromatic N) is 3. The topological polar surface area (TPSA) is 71.8 Å². The number of hydrogen-bond acceptors (Lipinski definition) is 4. The Morgan fingerprint density at radius 3 is 2.95 bits per heavy atom. The molecule has 0 aliphatic carbocycles. The van der Waals surface area contributed by atoms with Crippen molar-refractivity contribution in [1.82, 2.24) is 19.9 Å². The first-order valence-electron chi connectivity index (χ1n) is 7.01. The fourth-order valence-corrected chi connectivity index (χ4v) is 2.11. The third kappa shape index (κ3) is 3.81. The summed E-state index contributed by atoms with van der Waals surface area (Å²) in [4.78, 5) is 20.5. The number of imidazole rings is 1. The van der Waals surface area contributed by atoms with Crippen LogP contribution in [0.5, 0.6) is 0 Å². The predicted molar refractivity (Wildman–Crippen MR) is 82.0 cm³/mol. The van der Waals surface area contributed by atoms with Gasteiger partial charge in [0, 0.05) is 26.0 Å². The van der Waals surface area contributed by atoms with E-state index in [0.29, 0.717) is 23.8 Å². The molecule has 0 radical (unpaired) electrons. The second-order valence-electron chi connectivity index (χ2n) is 5.26. The fraction of sp³-hybridized carbons (Fsp3) is 0.400. The Labute approximate surface area is 124 Å². The minimum atomic E-state index is -0.148. The van der Waals surface area contributed by atoms with E-state index >= 15 is 0 Å². The van der Waals surface area contributed by atoms with Crippen LogP contribution in [0.15, 0.2) is 30.9 Å². The smallest absolute Gasteiger partial charge is 0.255 e. The molecule has 6 heteroatoms. The standard InChI is InChI=1S/C15H21N5O/c1-11(2)9-20-10-17-7-12(20)8-19-15(21)13-5-4-6-18-14(13)16-3/h4-7,10-11H,8-9H2,1-3H3,(H,16,18)(H,19,21). The summed E-state index contributed by atoms with van der Waals surface area (Å²) in [5.74, 6) is 0.957. The molecule has 0 atom stereocenters. The summed E-state index contributed by atoms with van der Waals surface area (Å²) in [6, 6.07) is 3.50. The average molecular weight is 287 g/mol. The van der Waals surface area contributed by atoms with Crippen LogP contribution in [-0.2, 0) is 13.1 Å². The molecular formula is C15H21N5O. The molecule has 2 aromatic rings. The Balaban J connectivity index is 2.03. The van der Waals surface area contributed by atoms with Crippen molar-refractivity contribution < 1.29 is 4.79 Å². The molecule has 0 saturated carbocycles. The molecule has 2 heterocycles. The number of anilines is 1. The number of rotatable bonds is 6. The quantitative estimate of drug-likeness (QED) is 0.851. The van der Waals surface area contributed by atoms with Crippen LogP contribution < -0.4 is 10.6 Å². The monoisotopic (exact) mass is 287 g/mol. The van der Waals surface area contributed by atoms with E-state index in [1.807, 2.05) is 0 Å². The summed E-state index contributed by atoms with van der Waals surface area (Å²) in [5, 5.41) is 5.83. The third-order valence-corrected chi connectivity index (χ3v) is 3.08. The predicted octanol–water partition coefficient (Wildman–Crippen LogP) is 1.91. The molecule has 6 nitrogen and oxygen atoms in total. The number of pyridine rings is 1. The van der Waals surface area contributed by atoms with Crippen molar-refractivity contribution in [2.75, 3.05) is 12.4 Å². The molecule has 0 bridgehead atoms. The van der Waals surface area contributed by atoms with Crippen molar-refractivity contribution >= 4 is 11.7 Å². The van der Waals surface area contributed by atoms with Gasteiger partial charge in [-0.3, -0.25) is 4.79 Å². The number of carbonyl (C=O) groups excluding carboxylic acids is 1. The maximum absolute atomic E-state index is 12.2. The largest absolute Gasteiger partial charge is 0.372 e. The van der Waals surface area contributed by atoms with Gasteiger partial charge in [0.05, 0.1) is 24.1 Å². The molecule has 0 spiro atoms. The van der Waals surface area contributed by atoms with E-state index in [1.54, 1.807) is 37.9 Å². The Kier molecular flexibility index (Phi) is 4.92. The van der Waals surface area contributed by atoms with Gasteiger partial charge in [-0.2, -0.15) is 0 Å². The van der Waals surface area contributed by atoms with Gasteiger partial charge >= 0.3 is 0 Å². The van der Waals surface area contributed by atoms with Crippen LogP contribution in [0.1, 0.15) is 29.9 Å². The minimum absolute atomic E-state index is 0.148. The Morgan fingerprint density at radius 1 is 1.43 bits per heavy atom. The molecular weight excluding hydrogens is 266 g/mol. The molecule has 0 fully saturated rings. The summed E-state index contributed by atoms with van der Waals surface area (Å²) < 4.78 is 2.06. The lowest BCUT2D eigenvalue weighted by Crippen LogP contribution is -2.25. The molecule has 0 unspecified atom stereocenters. The molecule has 2 rings (SSSR count). The number of amides is 1. The zero-order valence-corrected chi connectivity index (χ0v) is 12.6. The molecule has 21 heavy (non-hydrogen) atoms. The lowest BCUT2D eigenvalue weighted by molar-refractivity contribution is 0.0950. The van der Waals surface area contributed by atoms with Gasteiger partial charge in [0.2, 0.25) is 0 Å². The van der Waals surface area contributed by atoms with Gasteiger partial charge in [0.1, 0.15) is 5.82 Å². The maximum Gasteiger partial charge on any atom is 0.255 e. The second-order valence-corrected chi connectivity index (χ2v) is 5.26. The average Bonchev–Trinajstić information content (AvgIpc) is 2.91. The number of aromatic nitrogens is 3. The second kappa shape index (κ2) is 6.88. The summed E-state index contributed by atoms with van der Waals surface area (Å²) in [7, 11) is 1.75.